The topological polar surface area (TPSA) is 77.9 Å². The van der Waals surface area contributed by atoms with E-state index in [2.05, 4.69) is 13.8 Å². The fraction of sp³-hybridized carbons (Fsp3) is 0.841. The van der Waals surface area contributed by atoms with Crippen LogP contribution >= 0.6 is 0 Å². The summed E-state index contributed by atoms with van der Waals surface area (Å²) in [6, 6.07) is 0. The van der Waals surface area contributed by atoms with Gasteiger partial charge in [0.15, 0.2) is 0 Å². The van der Waals surface area contributed by atoms with Crippen LogP contribution in [0.1, 0.15) is 194 Å². The third kappa shape index (κ3) is 15.7. The lowest BCUT2D eigenvalue weighted by molar-refractivity contribution is -0.137. The van der Waals surface area contributed by atoms with Gasteiger partial charge in [-0.2, -0.15) is 0 Å². The largest absolute Gasteiger partial charge is 0.370 e. The minimum Gasteiger partial charge on any atom is -0.370 e. The molecule has 6 nitrogen and oxygen atoms in total. The molecule has 2 heterocycles. The van der Waals surface area contributed by atoms with E-state index in [9.17, 15) is 19.5 Å². The molecular weight excluding hydrogens is 620 g/mol. The van der Waals surface area contributed by atoms with Gasteiger partial charge < -0.3 is 10.0 Å². The van der Waals surface area contributed by atoms with Crippen molar-refractivity contribution in [3.63, 3.8) is 0 Å². The maximum absolute atomic E-state index is 11.9. The molecular formula is C44H76N2O4. The second-order valence-corrected chi connectivity index (χ2v) is 16.1. The molecule has 1 fully saturated rings. The maximum Gasteiger partial charge on any atom is 0.253 e. The van der Waals surface area contributed by atoms with E-state index in [1.165, 1.54) is 177 Å². The molecule has 0 aromatic rings. The maximum atomic E-state index is 11.9. The number of hydrogen-bond donors (Lipinski definition) is 1. The van der Waals surface area contributed by atoms with Crippen molar-refractivity contribution in [3.05, 3.63) is 24.3 Å². The molecule has 1 N–H and O–H groups in total. The fourth-order valence-corrected chi connectivity index (χ4v) is 9.31. The smallest absolute Gasteiger partial charge is 0.253 e. The molecule has 3 amide bonds. The Balaban J connectivity index is 1.45. The molecule has 50 heavy (non-hydrogen) atoms. The molecule has 286 valence electrons. The summed E-state index contributed by atoms with van der Waals surface area (Å²) in [7, 11) is 0. The molecule has 0 aromatic carbocycles. The molecule has 5 unspecified atom stereocenters. The van der Waals surface area contributed by atoms with Crippen molar-refractivity contribution in [1.29, 1.82) is 0 Å². The molecule has 1 saturated carbocycles. The van der Waals surface area contributed by atoms with Gasteiger partial charge in [-0.15, -0.1) is 0 Å². The van der Waals surface area contributed by atoms with Crippen molar-refractivity contribution in [3.8, 4) is 0 Å². The average molecular weight is 697 g/mol. The Hall–Kier alpha value is -1.95. The first-order valence-corrected chi connectivity index (χ1v) is 21.7. The molecule has 3 aliphatic rings. The van der Waals surface area contributed by atoms with Crippen molar-refractivity contribution in [2.75, 3.05) is 13.1 Å². The van der Waals surface area contributed by atoms with Crippen LogP contribution in [-0.4, -0.2) is 51.9 Å². The highest BCUT2D eigenvalue weighted by atomic mass is 16.3. The zero-order valence-corrected chi connectivity index (χ0v) is 32.5. The van der Waals surface area contributed by atoms with Crippen LogP contribution in [0.2, 0.25) is 0 Å². The zero-order chi connectivity index (χ0) is 35.8. The number of nitrogens with zero attached hydrogens (tertiary/aromatic N) is 2. The first-order chi connectivity index (χ1) is 24.5. The normalized spacial score (nSPS) is 23.7. The number of imide groups is 1. The van der Waals surface area contributed by atoms with Crippen LogP contribution in [-0.2, 0) is 14.4 Å². The van der Waals surface area contributed by atoms with E-state index in [4.69, 9.17) is 0 Å². The average Bonchev–Trinajstić information content (AvgIpc) is 3.61. The van der Waals surface area contributed by atoms with E-state index in [1.807, 2.05) is 0 Å². The second kappa shape index (κ2) is 25.9. The zero-order valence-electron chi connectivity index (χ0n) is 32.5. The highest BCUT2D eigenvalue weighted by Gasteiger charge is 2.37. The van der Waals surface area contributed by atoms with Gasteiger partial charge in [0.1, 0.15) is 6.23 Å². The van der Waals surface area contributed by atoms with Crippen molar-refractivity contribution < 1.29 is 19.5 Å². The molecule has 2 aliphatic heterocycles. The monoisotopic (exact) mass is 697 g/mol. The highest BCUT2D eigenvalue weighted by Crippen LogP contribution is 2.47. The van der Waals surface area contributed by atoms with E-state index in [1.54, 1.807) is 11.0 Å². The first-order valence-electron chi connectivity index (χ1n) is 21.7. The van der Waals surface area contributed by atoms with E-state index >= 15 is 0 Å². The Kier molecular flexibility index (Phi) is 22.0. The van der Waals surface area contributed by atoms with E-state index in [0.717, 1.165) is 49.4 Å². The summed E-state index contributed by atoms with van der Waals surface area (Å²) in [5, 5.41) is 9.95. The predicted octanol–water partition coefficient (Wildman–Crippen LogP) is 11.1. The van der Waals surface area contributed by atoms with Crippen molar-refractivity contribution in [1.82, 2.24) is 9.80 Å². The second-order valence-electron chi connectivity index (χ2n) is 16.1. The highest BCUT2D eigenvalue weighted by molar-refractivity contribution is 6.12. The molecule has 1 aliphatic carbocycles. The Labute approximate surface area is 307 Å². The lowest BCUT2D eigenvalue weighted by Gasteiger charge is -2.44. The minimum atomic E-state index is -0.727. The van der Waals surface area contributed by atoms with Crippen LogP contribution in [0, 0.1) is 23.7 Å². The quantitative estimate of drug-likeness (QED) is 0.0599. The van der Waals surface area contributed by atoms with Crippen LogP contribution < -0.4 is 0 Å². The van der Waals surface area contributed by atoms with Crippen LogP contribution in [0.15, 0.2) is 24.3 Å². The van der Waals surface area contributed by atoms with Crippen LogP contribution in [0.3, 0.4) is 0 Å². The van der Waals surface area contributed by atoms with Crippen molar-refractivity contribution in [2.45, 2.75) is 200 Å². The molecule has 0 spiro atoms. The van der Waals surface area contributed by atoms with Gasteiger partial charge in [-0.25, -0.2) is 0 Å². The lowest BCUT2D eigenvalue weighted by Crippen LogP contribution is -2.35. The number of unbranched alkanes of at least 4 members (excludes halogenated alkanes) is 18. The van der Waals surface area contributed by atoms with Crippen LogP contribution in [0.5, 0.6) is 0 Å². The molecule has 6 heteroatoms. The molecule has 0 saturated heterocycles. The predicted molar refractivity (Wildman–Crippen MR) is 207 cm³/mol. The lowest BCUT2D eigenvalue weighted by atomic mass is 9.61. The summed E-state index contributed by atoms with van der Waals surface area (Å²) in [5.41, 5.74) is 0. The Morgan fingerprint density at radius 3 is 1.36 bits per heavy atom. The number of carbonyl (C=O) groups excluding carboxylic acids is 3. The van der Waals surface area contributed by atoms with Crippen molar-refractivity contribution in [2.24, 2.45) is 23.7 Å². The molecule has 0 radical (unpaired) electrons. The first kappa shape index (κ1) is 42.5. The number of aliphatic hydroxyl groups excluding tert-OH is 1. The van der Waals surface area contributed by atoms with Crippen LogP contribution in [0.4, 0.5) is 0 Å². The van der Waals surface area contributed by atoms with Gasteiger partial charge in [0.05, 0.1) is 0 Å². The Morgan fingerprint density at radius 1 is 0.500 bits per heavy atom. The summed E-state index contributed by atoms with van der Waals surface area (Å²) in [6.07, 6.45) is 42.1. The summed E-state index contributed by atoms with van der Waals surface area (Å²) in [5.74, 6) is 3.29. The summed E-state index contributed by atoms with van der Waals surface area (Å²) < 4.78 is 0. The Bertz CT molecular complexity index is 990. The van der Waals surface area contributed by atoms with Gasteiger partial charge in [-0.1, -0.05) is 155 Å². The molecule has 0 aromatic heterocycles. The SMILES string of the molecule is CCCCCCCCC1C(CCCCCC)CCC(CCCCCCCCN2C(=O)C=CC2=O)C1CCCCCCCCN1C(=O)C=CC1O. The third-order valence-corrected chi connectivity index (χ3v) is 12.3. The van der Waals surface area contributed by atoms with Crippen LogP contribution in [0.25, 0.3) is 0 Å². The van der Waals surface area contributed by atoms with Gasteiger partial charge in [0.2, 0.25) is 5.91 Å². The van der Waals surface area contributed by atoms with Gasteiger partial charge in [0.25, 0.3) is 11.8 Å². The number of aliphatic hydroxyl groups is 1. The van der Waals surface area contributed by atoms with E-state index in [-0.39, 0.29) is 17.7 Å². The van der Waals surface area contributed by atoms with Gasteiger partial charge >= 0.3 is 0 Å². The number of rotatable bonds is 30. The standard InChI is InChI=1S/C44H76N2O4/c1-3-5-7-9-15-21-27-39-37(25-19-8-6-4-2)29-30-38(26-20-14-10-12-17-23-35-45-41(47)31-32-42(45)48)40(39)28-22-16-11-13-18-24-36-46-43(49)33-34-44(46)50/h31-34,37-40,43,49H,3-30,35-36H2,1-2H3. The van der Waals surface area contributed by atoms with E-state index < -0.39 is 6.23 Å². The molecule has 0 bridgehead atoms. The van der Waals surface area contributed by atoms with Gasteiger partial charge in [0, 0.05) is 31.3 Å². The Morgan fingerprint density at radius 2 is 0.900 bits per heavy atom. The number of carbonyl (C=O) groups is 3. The van der Waals surface area contributed by atoms with Gasteiger partial charge in [-0.3, -0.25) is 19.3 Å². The third-order valence-electron chi connectivity index (χ3n) is 12.3. The summed E-state index contributed by atoms with van der Waals surface area (Å²) in [6.45, 7) is 5.87. The van der Waals surface area contributed by atoms with Gasteiger partial charge in [-0.05, 0) is 68.3 Å². The molecule has 5 atom stereocenters. The van der Waals surface area contributed by atoms with E-state index in [0.29, 0.717) is 13.1 Å². The summed E-state index contributed by atoms with van der Waals surface area (Å²) in [4.78, 5) is 38.4. The number of amides is 3. The summed E-state index contributed by atoms with van der Waals surface area (Å²) >= 11 is 0. The molecule has 3 rings (SSSR count). The minimum absolute atomic E-state index is 0.0536. The van der Waals surface area contributed by atoms with Crippen molar-refractivity contribution >= 4 is 17.7 Å². The number of hydrogen-bond acceptors (Lipinski definition) is 4. The fourth-order valence-electron chi connectivity index (χ4n) is 9.31.